The van der Waals surface area contributed by atoms with E-state index in [-0.39, 0.29) is 30.6 Å². The third-order valence-corrected chi connectivity index (χ3v) is 9.19. The van der Waals surface area contributed by atoms with Crippen LogP contribution in [0.25, 0.3) is 0 Å². The van der Waals surface area contributed by atoms with Crippen molar-refractivity contribution < 1.29 is 19.1 Å². The zero-order valence-corrected chi connectivity index (χ0v) is 24.5. The first kappa shape index (κ1) is 29.5. The molecule has 0 radical (unpaired) electrons. The molecular formula is C28H39Cl2N5O4. The van der Waals surface area contributed by atoms with Crippen molar-refractivity contribution in [3.8, 4) is 0 Å². The summed E-state index contributed by atoms with van der Waals surface area (Å²) in [6, 6.07) is 4.63. The number of allylic oxidation sites excluding steroid dienone is 1. The highest BCUT2D eigenvalue weighted by molar-refractivity contribution is 6.42. The van der Waals surface area contributed by atoms with Crippen molar-refractivity contribution in [2.24, 2.45) is 17.3 Å². The third-order valence-electron chi connectivity index (χ3n) is 8.45. The number of rotatable bonds is 9. The molecule has 4 amide bonds. The number of esters is 1. The van der Waals surface area contributed by atoms with E-state index in [0.29, 0.717) is 67.5 Å². The molecule has 1 aromatic rings. The normalized spacial score (nSPS) is 21.9. The summed E-state index contributed by atoms with van der Waals surface area (Å²) < 4.78 is 4.86. The third kappa shape index (κ3) is 7.18. The molecule has 4 aliphatic rings. The second-order valence-electron chi connectivity index (χ2n) is 11.1. The first-order chi connectivity index (χ1) is 18.6. The molecule has 3 aliphatic carbocycles. The van der Waals surface area contributed by atoms with Gasteiger partial charge in [0.25, 0.3) is 0 Å². The Hall–Kier alpha value is -2.49. The minimum atomic E-state index is -0.447. The van der Waals surface area contributed by atoms with E-state index in [2.05, 4.69) is 35.5 Å². The maximum atomic E-state index is 13.4. The van der Waals surface area contributed by atoms with Gasteiger partial charge in [0.15, 0.2) is 0 Å². The average molecular weight is 581 g/mol. The van der Waals surface area contributed by atoms with Gasteiger partial charge in [-0.3, -0.25) is 9.69 Å². The van der Waals surface area contributed by atoms with Crippen molar-refractivity contribution in [3.63, 3.8) is 0 Å². The fourth-order valence-electron chi connectivity index (χ4n) is 5.81. The number of carbonyl (C=O) groups excluding carboxylic acids is 3. The molecule has 9 nitrogen and oxygen atoms in total. The monoisotopic (exact) mass is 579 g/mol. The van der Waals surface area contributed by atoms with Crippen LogP contribution >= 0.6 is 23.2 Å². The molecule has 2 fully saturated rings. The number of carbonyl (C=O) groups is 3. The van der Waals surface area contributed by atoms with Crippen LogP contribution in [0.2, 0.25) is 10.0 Å². The van der Waals surface area contributed by atoms with Gasteiger partial charge in [0.2, 0.25) is 0 Å². The molecule has 0 aromatic heterocycles. The number of anilines is 1. The Kier molecular flexibility index (Phi) is 9.67. The molecule has 214 valence electrons. The Morgan fingerprint density at radius 2 is 1.87 bits per heavy atom. The van der Waals surface area contributed by atoms with Crippen LogP contribution in [0.1, 0.15) is 33.6 Å². The molecule has 2 N–H and O–H groups in total. The van der Waals surface area contributed by atoms with E-state index in [9.17, 15) is 14.4 Å². The summed E-state index contributed by atoms with van der Waals surface area (Å²) in [6.45, 7) is 10.9. The SMILES string of the molecule is CCOC(=O)CNC(=O)N1CCN(CCN(CC2=CCC3CC2C3(C)C)C(=O)Nc2ccc(Cl)c(Cl)c2)CC1. The number of fused-ring (bicyclic) bond motifs is 1. The lowest BCUT2D eigenvalue weighted by molar-refractivity contribution is -0.141. The maximum Gasteiger partial charge on any atom is 0.325 e. The Morgan fingerprint density at radius 3 is 2.51 bits per heavy atom. The van der Waals surface area contributed by atoms with Crippen molar-refractivity contribution in [1.82, 2.24) is 20.0 Å². The van der Waals surface area contributed by atoms with E-state index in [1.807, 2.05) is 4.90 Å². The molecular weight excluding hydrogens is 541 g/mol. The van der Waals surface area contributed by atoms with Crippen LogP contribution in [0.15, 0.2) is 29.8 Å². The Morgan fingerprint density at radius 1 is 1.13 bits per heavy atom. The zero-order valence-electron chi connectivity index (χ0n) is 23.0. The van der Waals surface area contributed by atoms with Gasteiger partial charge >= 0.3 is 18.0 Å². The van der Waals surface area contributed by atoms with Gasteiger partial charge < -0.3 is 25.2 Å². The topological polar surface area (TPSA) is 94.2 Å². The van der Waals surface area contributed by atoms with Crippen LogP contribution in [0.3, 0.4) is 0 Å². The number of piperazine rings is 1. The molecule has 5 rings (SSSR count). The Bertz CT molecular complexity index is 1100. The van der Waals surface area contributed by atoms with Gasteiger partial charge in [-0.05, 0) is 55.2 Å². The number of hydrogen-bond acceptors (Lipinski definition) is 5. The molecule has 0 spiro atoms. The molecule has 2 atom stereocenters. The fourth-order valence-corrected chi connectivity index (χ4v) is 6.11. The number of urea groups is 2. The summed E-state index contributed by atoms with van der Waals surface area (Å²) in [5.74, 6) is 0.793. The van der Waals surface area contributed by atoms with Crippen molar-refractivity contribution in [3.05, 3.63) is 39.9 Å². The van der Waals surface area contributed by atoms with Gasteiger partial charge in [0, 0.05) is 51.5 Å². The van der Waals surface area contributed by atoms with Crippen LogP contribution in [-0.4, -0.2) is 91.7 Å². The van der Waals surface area contributed by atoms with E-state index >= 15 is 0 Å². The smallest absolute Gasteiger partial charge is 0.325 e. The van der Waals surface area contributed by atoms with Gasteiger partial charge in [-0.15, -0.1) is 0 Å². The summed E-state index contributed by atoms with van der Waals surface area (Å²) in [4.78, 5) is 43.2. The lowest BCUT2D eigenvalue weighted by Gasteiger charge is -2.57. The lowest BCUT2D eigenvalue weighted by atomic mass is 9.49. The van der Waals surface area contributed by atoms with Gasteiger partial charge in [0.1, 0.15) is 6.54 Å². The second kappa shape index (κ2) is 12.8. The minimum Gasteiger partial charge on any atom is -0.465 e. The molecule has 1 saturated carbocycles. The molecule has 1 heterocycles. The minimum absolute atomic E-state index is 0.135. The molecule has 1 aromatic carbocycles. The zero-order chi connectivity index (χ0) is 28.2. The molecule has 11 heteroatoms. The summed E-state index contributed by atoms with van der Waals surface area (Å²) in [5, 5.41) is 6.44. The van der Waals surface area contributed by atoms with Crippen LogP contribution in [0, 0.1) is 17.3 Å². The number of nitrogens with one attached hydrogen (secondary N) is 2. The molecule has 39 heavy (non-hydrogen) atoms. The molecule has 2 bridgehead atoms. The average Bonchev–Trinajstić information content (AvgIpc) is 2.92. The van der Waals surface area contributed by atoms with Crippen LogP contribution in [0.4, 0.5) is 15.3 Å². The second-order valence-corrected chi connectivity index (χ2v) is 11.9. The number of benzene rings is 1. The first-order valence-corrected chi connectivity index (χ1v) is 14.4. The van der Waals surface area contributed by atoms with Gasteiger partial charge in [-0.2, -0.15) is 0 Å². The quantitative estimate of drug-likeness (QED) is 0.326. The number of hydrogen-bond donors (Lipinski definition) is 2. The van der Waals surface area contributed by atoms with Crippen molar-refractivity contribution in [1.29, 1.82) is 0 Å². The van der Waals surface area contributed by atoms with E-state index in [0.717, 1.165) is 12.3 Å². The van der Waals surface area contributed by atoms with Crippen molar-refractivity contribution in [2.75, 3.05) is 64.3 Å². The van der Waals surface area contributed by atoms with Crippen molar-refractivity contribution in [2.45, 2.75) is 33.6 Å². The highest BCUT2D eigenvalue weighted by Crippen LogP contribution is 2.59. The van der Waals surface area contributed by atoms with E-state index in [1.165, 1.54) is 12.0 Å². The number of halogens is 2. The predicted molar refractivity (Wildman–Crippen MR) is 153 cm³/mol. The van der Waals surface area contributed by atoms with Crippen molar-refractivity contribution >= 4 is 46.9 Å². The van der Waals surface area contributed by atoms with Gasteiger partial charge in [-0.25, -0.2) is 9.59 Å². The molecule has 2 unspecified atom stereocenters. The molecule has 1 saturated heterocycles. The highest BCUT2D eigenvalue weighted by Gasteiger charge is 2.51. The predicted octanol–water partition coefficient (Wildman–Crippen LogP) is 4.71. The summed E-state index contributed by atoms with van der Waals surface area (Å²) >= 11 is 12.2. The molecule has 1 aliphatic heterocycles. The summed E-state index contributed by atoms with van der Waals surface area (Å²) in [6.07, 6.45) is 4.60. The van der Waals surface area contributed by atoms with E-state index in [1.54, 1.807) is 30.0 Å². The summed E-state index contributed by atoms with van der Waals surface area (Å²) in [7, 11) is 0. The Balaban J connectivity index is 1.33. The largest absolute Gasteiger partial charge is 0.465 e. The fraction of sp³-hybridized carbons (Fsp3) is 0.607. The van der Waals surface area contributed by atoms with Crippen LogP contribution < -0.4 is 10.6 Å². The van der Waals surface area contributed by atoms with E-state index < -0.39 is 5.97 Å². The van der Waals surface area contributed by atoms with Gasteiger partial charge in [-0.1, -0.05) is 48.7 Å². The first-order valence-electron chi connectivity index (χ1n) is 13.7. The summed E-state index contributed by atoms with van der Waals surface area (Å²) in [5.41, 5.74) is 2.22. The van der Waals surface area contributed by atoms with Gasteiger partial charge in [0.05, 0.1) is 16.7 Å². The number of ether oxygens (including phenoxy) is 1. The number of amides is 4. The van der Waals surface area contributed by atoms with Crippen LogP contribution in [0.5, 0.6) is 0 Å². The van der Waals surface area contributed by atoms with Crippen LogP contribution in [-0.2, 0) is 9.53 Å². The standard InChI is InChI=1S/C28H39Cl2N5O4/c1-4-39-25(36)17-31-26(37)34-12-9-33(10-13-34)11-14-35(18-19-5-6-20-15-22(19)28(20,2)3)27(38)32-21-7-8-23(29)24(30)16-21/h5,7-8,16,20,22H,4,6,9-15,17-18H2,1-3H3,(H,31,37)(H,32,38). The maximum absolute atomic E-state index is 13.4. The lowest BCUT2D eigenvalue weighted by Crippen LogP contribution is -2.54. The highest BCUT2D eigenvalue weighted by atomic mass is 35.5. The number of nitrogens with zero attached hydrogens (tertiary/aromatic N) is 3. The Labute approximate surface area is 240 Å². The van der Waals surface area contributed by atoms with E-state index in [4.69, 9.17) is 27.9 Å².